The third kappa shape index (κ3) is 5.69. The van der Waals surface area contributed by atoms with E-state index in [9.17, 15) is 9.59 Å². The smallest absolute Gasteiger partial charge is 0.255 e. The molecule has 0 aliphatic heterocycles. The predicted molar refractivity (Wildman–Crippen MR) is 114 cm³/mol. The van der Waals surface area contributed by atoms with Gasteiger partial charge in [-0.3, -0.25) is 9.59 Å². The zero-order chi connectivity index (χ0) is 19.8. The number of amides is 2. The summed E-state index contributed by atoms with van der Waals surface area (Å²) in [5.41, 5.74) is 2.84. The summed E-state index contributed by atoms with van der Waals surface area (Å²) in [6.07, 6.45) is 2.02. The predicted octanol–water partition coefficient (Wildman–Crippen LogP) is 5.55. The van der Waals surface area contributed by atoms with Gasteiger partial charge in [-0.1, -0.05) is 54.1 Å². The Morgan fingerprint density at radius 2 is 1.36 bits per heavy atom. The first-order valence-corrected chi connectivity index (χ1v) is 9.49. The summed E-state index contributed by atoms with van der Waals surface area (Å²) in [5, 5.41) is 6.29. The third-order valence-corrected chi connectivity index (χ3v) is 4.52. The molecular formula is C23H21ClN2O2. The molecule has 3 rings (SSSR count). The summed E-state index contributed by atoms with van der Waals surface area (Å²) in [6.45, 7) is 0. The molecule has 0 fully saturated rings. The lowest BCUT2D eigenvalue weighted by atomic mass is 10.1. The minimum absolute atomic E-state index is 0.0795. The van der Waals surface area contributed by atoms with Crippen LogP contribution in [0.25, 0.3) is 0 Å². The summed E-state index contributed by atoms with van der Waals surface area (Å²) in [7, 11) is 0. The van der Waals surface area contributed by atoms with E-state index in [1.165, 1.54) is 5.56 Å². The van der Waals surface area contributed by atoms with E-state index in [1.807, 2.05) is 30.3 Å². The molecule has 0 radical (unpaired) electrons. The number of aryl methyl sites for hydroxylation is 1. The topological polar surface area (TPSA) is 58.2 Å². The molecule has 0 aliphatic carbocycles. The molecule has 3 aromatic rings. The zero-order valence-electron chi connectivity index (χ0n) is 15.3. The van der Waals surface area contributed by atoms with E-state index in [1.54, 1.807) is 36.4 Å². The van der Waals surface area contributed by atoms with Gasteiger partial charge in [0.1, 0.15) is 0 Å². The molecule has 5 heteroatoms. The third-order valence-electron chi connectivity index (χ3n) is 4.27. The van der Waals surface area contributed by atoms with Crippen molar-refractivity contribution < 1.29 is 9.59 Å². The van der Waals surface area contributed by atoms with Crippen molar-refractivity contribution in [2.45, 2.75) is 19.3 Å². The van der Waals surface area contributed by atoms with E-state index >= 15 is 0 Å². The molecule has 3 aromatic carbocycles. The van der Waals surface area contributed by atoms with Crippen LogP contribution in [0.5, 0.6) is 0 Å². The van der Waals surface area contributed by atoms with Crippen molar-refractivity contribution in [2.24, 2.45) is 0 Å². The van der Waals surface area contributed by atoms with Gasteiger partial charge in [0.05, 0.1) is 11.4 Å². The maximum absolute atomic E-state index is 12.4. The second-order valence-corrected chi connectivity index (χ2v) is 6.83. The SMILES string of the molecule is O=C(CCCc1ccccc1)Nc1ccccc1NC(=O)c1ccc(Cl)cc1. The molecule has 0 saturated heterocycles. The van der Waals surface area contributed by atoms with E-state index < -0.39 is 0 Å². The molecule has 4 nitrogen and oxygen atoms in total. The van der Waals surface area contributed by atoms with E-state index in [2.05, 4.69) is 22.8 Å². The van der Waals surface area contributed by atoms with Gasteiger partial charge in [-0.15, -0.1) is 0 Å². The van der Waals surface area contributed by atoms with Crippen LogP contribution in [0.2, 0.25) is 5.02 Å². The highest BCUT2D eigenvalue weighted by molar-refractivity contribution is 6.30. The summed E-state index contributed by atoms with van der Waals surface area (Å²) < 4.78 is 0. The van der Waals surface area contributed by atoms with Crippen LogP contribution in [0.4, 0.5) is 11.4 Å². The minimum atomic E-state index is -0.262. The van der Waals surface area contributed by atoms with Crippen LogP contribution in [-0.2, 0) is 11.2 Å². The maximum Gasteiger partial charge on any atom is 0.255 e. The number of carbonyl (C=O) groups excluding carboxylic acids is 2. The average Bonchev–Trinajstić information content (AvgIpc) is 2.71. The maximum atomic E-state index is 12.4. The van der Waals surface area contributed by atoms with Crippen molar-refractivity contribution in [2.75, 3.05) is 10.6 Å². The van der Waals surface area contributed by atoms with Gasteiger partial charge in [-0.25, -0.2) is 0 Å². The van der Waals surface area contributed by atoms with Crippen LogP contribution < -0.4 is 10.6 Å². The van der Waals surface area contributed by atoms with Crippen molar-refractivity contribution in [1.29, 1.82) is 0 Å². The Kier molecular flexibility index (Phi) is 6.82. The Labute approximate surface area is 169 Å². The Morgan fingerprint density at radius 3 is 2.04 bits per heavy atom. The Morgan fingerprint density at radius 1 is 0.750 bits per heavy atom. The second-order valence-electron chi connectivity index (χ2n) is 6.39. The number of rotatable bonds is 7. The monoisotopic (exact) mass is 392 g/mol. The van der Waals surface area contributed by atoms with E-state index in [-0.39, 0.29) is 11.8 Å². The molecule has 0 bridgehead atoms. The van der Waals surface area contributed by atoms with Gasteiger partial charge in [0.25, 0.3) is 5.91 Å². The van der Waals surface area contributed by atoms with Crippen molar-refractivity contribution >= 4 is 34.8 Å². The number of benzene rings is 3. The number of hydrogen-bond acceptors (Lipinski definition) is 2. The van der Waals surface area contributed by atoms with Crippen LogP contribution >= 0.6 is 11.6 Å². The van der Waals surface area contributed by atoms with Crippen molar-refractivity contribution in [3.63, 3.8) is 0 Å². The number of halogens is 1. The van der Waals surface area contributed by atoms with Crippen LogP contribution in [0.15, 0.2) is 78.9 Å². The normalized spacial score (nSPS) is 10.3. The molecule has 0 unspecified atom stereocenters. The number of anilines is 2. The fraction of sp³-hybridized carbons (Fsp3) is 0.130. The van der Waals surface area contributed by atoms with Gasteiger partial charge < -0.3 is 10.6 Å². The van der Waals surface area contributed by atoms with Gasteiger partial charge in [0.2, 0.25) is 5.91 Å². The van der Waals surface area contributed by atoms with Gasteiger partial charge in [0, 0.05) is 17.0 Å². The van der Waals surface area contributed by atoms with E-state index in [0.717, 1.165) is 12.8 Å². The fourth-order valence-electron chi connectivity index (χ4n) is 2.81. The second kappa shape index (κ2) is 9.72. The molecule has 142 valence electrons. The first kappa shape index (κ1) is 19.6. The molecule has 0 spiro atoms. The molecule has 2 N–H and O–H groups in total. The Balaban J connectivity index is 1.57. The lowest BCUT2D eigenvalue weighted by Gasteiger charge is -2.12. The van der Waals surface area contributed by atoms with Crippen molar-refractivity contribution in [3.8, 4) is 0 Å². The summed E-state index contributed by atoms with van der Waals surface area (Å²) in [4.78, 5) is 24.7. The lowest BCUT2D eigenvalue weighted by molar-refractivity contribution is -0.116. The highest BCUT2D eigenvalue weighted by atomic mass is 35.5. The molecule has 0 saturated carbocycles. The quantitative estimate of drug-likeness (QED) is 0.553. The molecule has 0 aliphatic rings. The molecule has 0 aromatic heterocycles. The molecular weight excluding hydrogens is 372 g/mol. The van der Waals surface area contributed by atoms with Crippen LogP contribution in [0.3, 0.4) is 0 Å². The molecule has 0 heterocycles. The zero-order valence-corrected chi connectivity index (χ0v) is 16.1. The first-order valence-electron chi connectivity index (χ1n) is 9.11. The molecule has 0 atom stereocenters. The van der Waals surface area contributed by atoms with Crippen molar-refractivity contribution in [3.05, 3.63) is 95.0 Å². The van der Waals surface area contributed by atoms with Crippen LogP contribution in [0, 0.1) is 0 Å². The number of para-hydroxylation sites is 2. The average molecular weight is 393 g/mol. The highest BCUT2D eigenvalue weighted by Gasteiger charge is 2.11. The van der Waals surface area contributed by atoms with Crippen LogP contribution in [-0.4, -0.2) is 11.8 Å². The van der Waals surface area contributed by atoms with Gasteiger partial charge >= 0.3 is 0 Å². The minimum Gasteiger partial charge on any atom is -0.324 e. The molecule has 28 heavy (non-hydrogen) atoms. The number of nitrogens with one attached hydrogen (secondary N) is 2. The van der Waals surface area contributed by atoms with Gasteiger partial charge in [0.15, 0.2) is 0 Å². The van der Waals surface area contributed by atoms with E-state index in [4.69, 9.17) is 11.6 Å². The molecule has 2 amide bonds. The van der Waals surface area contributed by atoms with E-state index in [0.29, 0.717) is 28.4 Å². The largest absolute Gasteiger partial charge is 0.324 e. The lowest BCUT2D eigenvalue weighted by Crippen LogP contribution is -2.16. The summed E-state index contributed by atoms with van der Waals surface area (Å²) >= 11 is 5.86. The fourth-order valence-corrected chi connectivity index (χ4v) is 2.93. The Hall–Kier alpha value is -3.11. The number of carbonyl (C=O) groups is 2. The highest BCUT2D eigenvalue weighted by Crippen LogP contribution is 2.22. The van der Waals surface area contributed by atoms with Gasteiger partial charge in [-0.05, 0) is 54.8 Å². The van der Waals surface area contributed by atoms with Crippen molar-refractivity contribution in [1.82, 2.24) is 0 Å². The number of hydrogen-bond donors (Lipinski definition) is 2. The summed E-state index contributed by atoms with van der Waals surface area (Å²) in [6, 6.07) is 23.9. The summed E-state index contributed by atoms with van der Waals surface area (Å²) in [5.74, 6) is -0.341. The Bertz CT molecular complexity index is 940. The standard InChI is InChI=1S/C23H21ClN2O2/c24-19-15-13-18(14-16-19)23(28)26-21-11-5-4-10-20(21)25-22(27)12-6-9-17-7-2-1-3-8-17/h1-5,7-8,10-11,13-16H,6,9,12H2,(H,25,27)(H,26,28). The van der Waals surface area contributed by atoms with Gasteiger partial charge in [-0.2, -0.15) is 0 Å². The van der Waals surface area contributed by atoms with Crippen LogP contribution in [0.1, 0.15) is 28.8 Å². The first-order chi connectivity index (χ1) is 13.6.